The van der Waals surface area contributed by atoms with Crippen molar-refractivity contribution in [3.63, 3.8) is 0 Å². The minimum Gasteiger partial charge on any atom is -0.492 e. The first-order valence-corrected chi connectivity index (χ1v) is 8.91. The quantitative estimate of drug-likeness (QED) is 0.883. The number of ether oxygens (including phenoxy) is 1. The highest BCUT2D eigenvalue weighted by molar-refractivity contribution is 9.10. The lowest BCUT2D eigenvalue weighted by molar-refractivity contribution is 0.254. The zero-order chi connectivity index (χ0) is 15.7. The highest BCUT2D eigenvalue weighted by atomic mass is 79.9. The van der Waals surface area contributed by atoms with Crippen molar-refractivity contribution in [1.82, 2.24) is 4.72 Å². The normalized spacial score (nSPS) is 17.6. The molecule has 0 unspecified atom stereocenters. The highest BCUT2D eigenvalue weighted by Gasteiger charge is 2.27. The maximum atomic E-state index is 13.7. The largest absolute Gasteiger partial charge is 0.492 e. The first-order chi connectivity index (χ1) is 10.5. The zero-order valence-corrected chi connectivity index (χ0v) is 13.8. The van der Waals surface area contributed by atoms with E-state index in [0.717, 1.165) is 21.9 Å². The van der Waals surface area contributed by atoms with Gasteiger partial charge in [-0.05, 0) is 42.3 Å². The van der Waals surface area contributed by atoms with E-state index in [0.29, 0.717) is 6.42 Å². The summed E-state index contributed by atoms with van der Waals surface area (Å²) >= 11 is 3.37. The molecule has 1 N–H and O–H groups in total. The molecule has 116 valence electrons. The van der Waals surface area contributed by atoms with E-state index in [1.807, 2.05) is 18.2 Å². The van der Waals surface area contributed by atoms with Crippen molar-refractivity contribution in [3.8, 4) is 5.75 Å². The van der Waals surface area contributed by atoms with Crippen LogP contribution in [0.2, 0.25) is 0 Å². The van der Waals surface area contributed by atoms with Crippen LogP contribution in [0, 0.1) is 5.82 Å². The van der Waals surface area contributed by atoms with Gasteiger partial charge in [0.2, 0.25) is 10.0 Å². The van der Waals surface area contributed by atoms with Gasteiger partial charge >= 0.3 is 0 Å². The minimum absolute atomic E-state index is 0.211. The molecule has 0 aliphatic carbocycles. The number of sulfonamides is 1. The van der Waals surface area contributed by atoms with Crippen LogP contribution in [-0.4, -0.2) is 21.1 Å². The fourth-order valence-electron chi connectivity index (χ4n) is 2.38. The summed E-state index contributed by atoms with van der Waals surface area (Å²) in [7, 11) is -3.92. The second kappa shape index (κ2) is 5.98. The Morgan fingerprint density at radius 3 is 2.77 bits per heavy atom. The summed E-state index contributed by atoms with van der Waals surface area (Å²) in [6, 6.07) is 10.5. The van der Waals surface area contributed by atoms with Crippen molar-refractivity contribution in [2.45, 2.75) is 17.4 Å². The fourth-order valence-corrected chi connectivity index (χ4v) is 4.09. The Morgan fingerprint density at radius 2 is 2.00 bits per heavy atom. The summed E-state index contributed by atoms with van der Waals surface area (Å²) in [6.45, 7) is 0.211. The average molecular weight is 386 g/mol. The smallest absolute Gasteiger partial charge is 0.243 e. The molecule has 1 aliphatic rings. The molecule has 22 heavy (non-hydrogen) atoms. The van der Waals surface area contributed by atoms with Crippen molar-refractivity contribution < 1.29 is 17.5 Å². The molecule has 3 rings (SSSR count). The van der Waals surface area contributed by atoms with Gasteiger partial charge in [0.25, 0.3) is 0 Å². The molecule has 4 nitrogen and oxygen atoms in total. The second-order valence-corrected chi connectivity index (χ2v) is 7.61. The van der Waals surface area contributed by atoms with Crippen LogP contribution in [0.3, 0.4) is 0 Å². The molecule has 1 heterocycles. The Hall–Kier alpha value is -1.44. The zero-order valence-electron chi connectivity index (χ0n) is 11.4. The van der Waals surface area contributed by atoms with Crippen LogP contribution in [0.4, 0.5) is 4.39 Å². The first kappa shape index (κ1) is 15.5. The summed E-state index contributed by atoms with van der Waals surface area (Å²) in [5, 5.41) is 0. The number of hydrogen-bond donors (Lipinski definition) is 1. The number of hydrogen-bond acceptors (Lipinski definition) is 3. The molecule has 0 aromatic heterocycles. The number of rotatable bonds is 3. The van der Waals surface area contributed by atoms with Crippen LogP contribution >= 0.6 is 15.9 Å². The van der Waals surface area contributed by atoms with Crippen molar-refractivity contribution >= 4 is 26.0 Å². The van der Waals surface area contributed by atoms with E-state index < -0.39 is 21.9 Å². The van der Waals surface area contributed by atoms with E-state index in [9.17, 15) is 12.8 Å². The van der Waals surface area contributed by atoms with Gasteiger partial charge in [0.15, 0.2) is 0 Å². The van der Waals surface area contributed by atoms with Crippen LogP contribution in [0.25, 0.3) is 0 Å². The Morgan fingerprint density at radius 1 is 1.23 bits per heavy atom. The average Bonchev–Trinajstić information content (AvgIpc) is 2.46. The topological polar surface area (TPSA) is 55.4 Å². The summed E-state index contributed by atoms with van der Waals surface area (Å²) in [5.74, 6) is -0.0283. The molecule has 0 bridgehead atoms. The van der Waals surface area contributed by atoms with Crippen LogP contribution < -0.4 is 9.46 Å². The fraction of sp³-hybridized carbons (Fsp3) is 0.200. The minimum atomic E-state index is -3.92. The molecule has 0 radical (unpaired) electrons. The lowest BCUT2D eigenvalue weighted by Gasteiger charge is -2.26. The monoisotopic (exact) mass is 385 g/mol. The summed E-state index contributed by atoms with van der Waals surface area (Å²) in [6.07, 6.45) is 0.489. The molecule has 1 atom stereocenters. The summed E-state index contributed by atoms with van der Waals surface area (Å²) in [5.41, 5.74) is 0.904. The van der Waals surface area contributed by atoms with Crippen molar-refractivity contribution in [3.05, 3.63) is 58.3 Å². The van der Waals surface area contributed by atoms with Crippen LogP contribution in [-0.2, 0) is 16.4 Å². The predicted octanol–water partition coefficient (Wildman–Crippen LogP) is 2.87. The van der Waals surface area contributed by atoms with Gasteiger partial charge in [-0.3, -0.25) is 0 Å². The van der Waals surface area contributed by atoms with Gasteiger partial charge in [0.1, 0.15) is 23.1 Å². The Balaban J connectivity index is 1.81. The van der Waals surface area contributed by atoms with Crippen molar-refractivity contribution in [2.75, 3.05) is 6.61 Å². The highest BCUT2D eigenvalue weighted by Crippen LogP contribution is 2.28. The molecule has 2 aromatic rings. The summed E-state index contributed by atoms with van der Waals surface area (Å²) < 4.78 is 47.2. The third-order valence-corrected chi connectivity index (χ3v) is 5.42. The lowest BCUT2D eigenvalue weighted by atomic mass is 10.0. The van der Waals surface area contributed by atoms with Gasteiger partial charge in [-0.2, -0.15) is 0 Å². The maximum Gasteiger partial charge on any atom is 0.243 e. The molecule has 1 aliphatic heterocycles. The number of benzene rings is 2. The maximum absolute atomic E-state index is 13.7. The molecule has 0 saturated carbocycles. The third kappa shape index (κ3) is 3.16. The molecule has 0 spiro atoms. The summed E-state index contributed by atoms with van der Waals surface area (Å²) in [4.78, 5) is -0.352. The van der Waals surface area contributed by atoms with E-state index in [-0.39, 0.29) is 11.5 Å². The Bertz CT molecular complexity index is 810. The van der Waals surface area contributed by atoms with E-state index in [2.05, 4.69) is 20.7 Å². The van der Waals surface area contributed by atoms with Crippen LogP contribution in [0.1, 0.15) is 5.56 Å². The molecule has 0 amide bonds. The second-order valence-electron chi connectivity index (χ2n) is 5.02. The molecule has 7 heteroatoms. The number of fused-ring (bicyclic) bond motifs is 1. The van der Waals surface area contributed by atoms with E-state index >= 15 is 0 Å². The molecular weight excluding hydrogens is 373 g/mol. The van der Waals surface area contributed by atoms with E-state index in [1.165, 1.54) is 18.2 Å². The van der Waals surface area contributed by atoms with Gasteiger partial charge in [-0.1, -0.05) is 28.1 Å². The lowest BCUT2D eigenvalue weighted by Crippen LogP contribution is -2.42. The first-order valence-electron chi connectivity index (χ1n) is 6.64. The number of nitrogens with one attached hydrogen (secondary N) is 1. The number of halogens is 2. The van der Waals surface area contributed by atoms with Gasteiger partial charge in [0.05, 0.1) is 6.04 Å². The molecular formula is C15H13BrFNO3S. The predicted molar refractivity (Wildman–Crippen MR) is 83.9 cm³/mol. The van der Waals surface area contributed by atoms with Gasteiger partial charge in [-0.25, -0.2) is 17.5 Å². The Kier molecular flexibility index (Phi) is 4.20. The van der Waals surface area contributed by atoms with Gasteiger partial charge in [0, 0.05) is 4.47 Å². The van der Waals surface area contributed by atoms with Gasteiger partial charge in [-0.15, -0.1) is 0 Å². The molecule has 2 aromatic carbocycles. The third-order valence-electron chi connectivity index (χ3n) is 3.38. The van der Waals surface area contributed by atoms with Crippen LogP contribution in [0.5, 0.6) is 5.75 Å². The van der Waals surface area contributed by atoms with E-state index in [1.54, 1.807) is 0 Å². The van der Waals surface area contributed by atoms with Crippen LogP contribution in [0.15, 0.2) is 51.8 Å². The molecule has 0 saturated heterocycles. The Labute approximate surface area is 136 Å². The van der Waals surface area contributed by atoms with Gasteiger partial charge < -0.3 is 4.74 Å². The van der Waals surface area contributed by atoms with Crippen molar-refractivity contribution in [2.24, 2.45) is 0 Å². The molecule has 0 fully saturated rings. The van der Waals surface area contributed by atoms with Crippen molar-refractivity contribution in [1.29, 1.82) is 0 Å². The standard InChI is InChI=1S/C15H13BrFNO3S/c16-11-5-6-14-10(7-11)8-12(9-21-14)18-22(19,20)15-4-2-1-3-13(15)17/h1-7,12,18H,8-9H2/t12-/m1/s1. The van der Waals surface area contributed by atoms with E-state index in [4.69, 9.17) is 4.74 Å². The SMILES string of the molecule is O=S(=O)(N[C@H]1COc2ccc(Br)cc2C1)c1ccccc1F.